The monoisotopic (exact) mass is 661 g/mol. The van der Waals surface area contributed by atoms with Gasteiger partial charge in [-0.1, -0.05) is 79.7 Å². The Labute approximate surface area is 283 Å². The number of nitrogens with one attached hydrogen (secondary N) is 3. The lowest BCUT2D eigenvalue weighted by Crippen LogP contribution is -2.24. The van der Waals surface area contributed by atoms with E-state index in [0.29, 0.717) is 34.2 Å². The highest BCUT2D eigenvalue weighted by atomic mass is 19.1. The molecule has 0 spiro atoms. The Hall–Kier alpha value is -5.16. The third kappa shape index (κ3) is 11.6. The fourth-order valence-corrected chi connectivity index (χ4v) is 4.28. The summed E-state index contributed by atoms with van der Waals surface area (Å²) in [4.78, 5) is 38.8. The highest BCUT2D eigenvalue weighted by molar-refractivity contribution is 5.99. The van der Waals surface area contributed by atoms with Gasteiger partial charge in [-0.3, -0.25) is 9.59 Å². The van der Waals surface area contributed by atoms with Crippen LogP contribution in [0.15, 0.2) is 72.1 Å². The maximum absolute atomic E-state index is 15.9. The van der Waals surface area contributed by atoms with Gasteiger partial charge in [0, 0.05) is 31.5 Å². The summed E-state index contributed by atoms with van der Waals surface area (Å²) in [6, 6.07) is 11.4. The smallest absolute Gasteiger partial charge is 0.337 e. The molecule has 2 aromatic carbocycles. The summed E-state index contributed by atoms with van der Waals surface area (Å²) in [6.45, 7) is 18.4. The standard InChI is InChI=1S/C32H34FN5O5.C3H8.C2H6/c1-19(12-27(30(40)34-5)38-28-11-10-20(15-35-28)31(41)42)23-8-7-9-24(25(23)17-43-6)29-21(16-36-37-18-39)13-22(14-26(29)33)32(2,3)4;1-3-2;1-2/h7-16,18H,1,17H2,2-6H3,(H,34,40)(H,35,38)(H,37,39)(H,41,42);3H2,1-2H3;1-2H3/b27-12+,36-16-;;. The SMILES string of the molecule is C=C(/C=C(/Nc1ccc(C(=O)O)cn1)C(=O)NC)c1cccc(-c2c(F)cc(C(C)(C)C)cc2/C=N\NC=O)c1COC.CC.CCC. The zero-order valence-electron chi connectivity index (χ0n) is 29.3. The fourth-order valence-electron chi connectivity index (χ4n) is 4.28. The summed E-state index contributed by atoms with van der Waals surface area (Å²) in [5, 5.41) is 18.5. The molecule has 0 atom stereocenters. The van der Waals surface area contributed by atoms with E-state index in [1.54, 1.807) is 18.2 Å². The van der Waals surface area contributed by atoms with Gasteiger partial charge in [-0.25, -0.2) is 19.6 Å². The molecule has 0 fully saturated rings. The van der Waals surface area contributed by atoms with Gasteiger partial charge in [0.25, 0.3) is 5.91 Å². The molecular formula is C37H48FN5O5. The third-order valence-corrected chi connectivity index (χ3v) is 6.46. The Morgan fingerprint density at radius 1 is 1.12 bits per heavy atom. The summed E-state index contributed by atoms with van der Waals surface area (Å²) >= 11 is 0. The Balaban J connectivity index is 0.00000218. The first-order valence-electron chi connectivity index (χ1n) is 15.6. The second-order valence-corrected chi connectivity index (χ2v) is 11.2. The van der Waals surface area contributed by atoms with E-state index in [4.69, 9.17) is 9.84 Å². The third-order valence-electron chi connectivity index (χ3n) is 6.46. The van der Waals surface area contributed by atoms with Crippen molar-refractivity contribution >= 4 is 35.9 Å². The molecule has 0 saturated heterocycles. The highest BCUT2D eigenvalue weighted by Gasteiger charge is 2.22. The zero-order valence-corrected chi connectivity index (χ0v) is 29.3. The zero-order chi connectivity index (χ0) is 36.4. The average Bonchev–Trinajstić information content (AvgIpc) is 3.05. The molecule has 4 N–H and O–H groups in total. The van der Waals surface area contributed by atoms with Crippen molar-refractivity contribution in [3.63, 3.8) is 0 Å². The number of anilines is 1. The van der Waals surface area contributed by atoms with Crippen LogP contribution in [-0.2, 0) is 26.3 Å². The fraction of sp³-hybridized carbons (Fsp3) is 0.324. The summed E-state index contributed by atoms with van der Waals surface area (Å²) in [5.74, 6) is -1.84. The van der Waals surface area contributed by atoms with Gasteiger partial charge >= 0.3 is 5.97 Å². The molecule has 10 nitrogen and oxygen atoms in total. The van der Waals surface area contributed by atoms with Crippen molar-refractivity contribution in [3.8, 4) is 11.1 Å². The van der Waals surface area contributed by atoms with Crippen LogP contribution in [0.3, 0.4) is 0 Å². The predicted molar refractivity (Wildman–Crippen MR) is 191 cm³/mol. The molecule has 1 aromatic heterocycles. The number of hydrogen-bond donors (Lipinski definition) is 4. The predicted octanol–water partition coefficient (Wildman–Crippen LogP) is 7.31. The van der Waals surface area contributed by atoms with Crippen LogP contribution < -0.4 is 16.1 Å². The summed E-state index contributed by atoms with van der Waals surface area (Å²) in [7, 11) is 2.98. The van der Waals surface area contributed by atoms with Crippen LogP contribution in [0.4, 0.5) is 10.2 Å². The van der Waals surface area contributed by atoms with Gasteiger partial charge in [0.2, 0.25) is 6.41 Å². The normalized spacial score (nSPS) is 11.0. The van der Waals surface area contributed by atoms with Gasteiger partial charge in [0.1, 0.15) is 17.3 Å². The maximum Gasteiger partial charge on any atom is 0.337 e. The first-order valence-corrected chi connectivity index (χ1v) is 15.6. The number of halogens is 1. The molecule has 0 bridgehead atoms. The summed E-state index contributed by atoms with van der Waals surface area (Å²) < 4.78 is 21.4. The molecule has 1 heterocycles. The maximum atomic E-state index is 15.9. The van der Waals surface area contributed by atoms with Crippen LogP contribution >= 0.6 is 0 Å². The number of allylic oxidation sites excluding steroid dienone is 2. The number of amides is 2. The molecule has 0 aliphatic carbocycles. The molecule has 2 amide bonds. The van der Waals surface area contributed by atoms with Gasteiger partial charge < -0.3 is 20.5 Å². The van der Waals surface area contributed by atoms with Crippen molar-refractivity contribution in [2.24, 2.45) is 5.10 Å². The number of aromatic nitrogens is 1. The van der Waals surface area contributed by atoms with Crippen molar-refractivity contribution in [2.75, 3.05) is 19.5 Å². The van der Waals surface area contributed by atoms with Crippen LogP contribution in [0.5, 0.6) is 0 Å². The van der Waals surface area contributed by atoms with E-state index in [0.717, 1.165) is 5.56 Å². The number of carbonyl (C=O) groups excluding carboxylic acids is 2. The number of pyridine rings is 1. The Morgan fingerprint density at radius 2 is 1.79 bits per heavy atom. The molecule has 0 saturated carbocycles. The Morgan fingerprint density at radius 3 is 2.31 bits per heavy atom. The Bertz CT molecular complexity index is 1610. The number of ether oxygens (including phenoxy) is 1. The number of rotatable bonds is 12. The molecule has 11 heteroatoms. The quantitative estimate of drug-likeness (QED) is 0.0524. The van der Waals surface area contributed by atoms with Gasteiger partial charge in [0.15, 0.2) is 0 Å². The minimum absolute atomic E-state index is 0.00410. The lowest BCUT2D eigenvalue weighted by Gasteiger charge is -2.23. The highest BCUT2D eigenvalue weighted by Crippen LogP contribution is 2.37. The number of hydrogen-bond acceptors (Lipinski definition) is 7. The number of carboxylic acid groups (broad SMARTS) is 1. The van der Waals surface area contributed by atoms with Crippen molar-refractivity contribution < 1.29 is 28.6 Å². The number of benzene rings is 2. The number of aromatic carboxylic acids is 1. The van der Waals surface area contributed by atoms with Gasteiger partial charge in [-0.15, -0.1) is 0 Å². The van der Waals surface area contributed by atoms with Crippen molar-refractivity contribution in [3.05, 3.63) is 101 Å². The van der Waals surface area contributed by atoms with Crippen LogP contribution in [0.1, 0.15) is 87.5 Å². The summed E-state index contributed by atoms with van der Waals surface area (Å²) in [5.41, 5.74) is 5.50. The van der Waals surface area contributed by atoms with E-state index < -0.39 is 17.7 Å². The number of carboxylic acids is 1. The second kappa shape index (κ2) is 20.2. The van der Waals surface area contributed by atoms with Gasteiger partial charge in [0.05, 0.1) is 18.4 Å². The number of carbonyl (C=O) groups is 3. The molecule has 3 rings (SSSR count). The van der Waals surface area contributed by atoms with Crippen molar-refractivity contribution in [2.45, 2.75) is 66.9 Å². The van der Waals surface area contributed by atoms with Gasteiger partial charge in [-0.05, 0) is 63.6 Å². The topological polar surface area (TPSA) is 142 Å². The van der Waals surface area contributed by atoms with Crippen molar-refractivity contribution in [1.29, 1.82) is 0 Å². The first-order chi connectivity index (χ1) is 22.8. The molecule has 48 heavy (non-hydrogen) atoms. The second-order valence-electron chi connectivity index (χ2n) is 11.2. The number of likely N-dealkylation sites (N-methyl/N-ethyl adjacent to an activating group) is 1. The number of methoxy groups -OCH3 is 1. The molecule has 0 unspecified atom stereocenters. The largest absolute Gasteiger partial charge is 0.478 e. The Kier molecular flexibility index (Phi) is 17.2. The van der Waals surface area contributed by atoms with E-state index in [2.05, 4.69) is 46.6 Å². The van der Waals surface area contributed by atoms with E-state index >= 15 is 4.39 Å². The van der Waals surface area contributed by atoms with Crippen LogP contribution in [0.2, 0.25) is 0 Å². The number of hydrazone groups is 1. The minimum atomic E-state index is -1.13. The lowest BCUT2D eigenvalue weighted by atomic mass is 9.83. The van der Waals surface area contributed by atoms with Crippen LogP contribution in [-0.4, -0.2) is 48.7 Å². The minimum Gasteiger partial charge on any atom is -0.478 e. The van der Waals surface area contributed by atoms with E-state index in [9.17, 15) is 14.4 Å². The van der Waals surface area contributed by atoms with E-state index in [1.165, 1.54) is 57.3 Å². The van der Waals surface area contributed by atoms with Crippen LogP contribution in [0, 0.1) is 5.82 Å². The number of nitrogens with zero attached hydrogens (tertiary/aromatic N) is 2. The molecule has 0 aliphatic rings. The lowest BCUT2D eigenvalue weighted by molar-refractivity contribution is -0.116. The van der Waals surface area contributed by atoms with Crippen LogP contribution in [0.25, 0.3) is 16.7 Å². The van der Waals surface area contributed by atoms with Gasteiger partial charge in [-0.2, -0.15) is 5.10 Å². The average molecular weight is 662 g/mol. The molecule has 3 aromatic rings. The summed E-state index contributed by atoms with van der Waals surface area (Å²) in [6.07, 6.45) is 5.74. The molecule has 0 radical (unpaired) electrons. The van der Waals surface area contributed by atoms with E-state index in [-0.39, 0.29) is 34.7 Å². The van der Waals surface area contributed by atoms with E-state index in [1.807, 2.05) is 40.7 Å². The molecular weight excluding hydrogens is 613 g/mol. The first kappa shape index (κ1) is 40.9. The van der Waals surface area contributed by atoms with Crippen molar-refractivity contribution in [1.82, 2.24) is 15.7 Å². The molecule has 258 valence electrons. The molecule has 0 aliphatic heterocycles.